The number of amides is 1. The molecular weight excluding hydrogens is 479 g/mol. The molecule has 3 aromatic rings. The van der Waals surface area contributed by atoms with Crippen molar-refractivity contribution in [2.75, 3.05) is 21.3 Å². The van der Waals surface area contributed by atoms with Crippen molar-refractivity contribution in [1.82, 2.24) is 5.43 Å². The quantitative estimate of drug-likeness (QED) is 0.301. The average molecular weight is 503 g/mol. The standard InChI is InChI=1S/C25H24Cl2N2O5/c1-31-21-8-4-16(10-23(21)32-2)12-25(30)29-28-14-17-5-9-22(24(11-17)33-3)34-15-18-6-7-19(26)13-20(18)27/h4-11,13-14H,12,15H2,1-3H3,(H,29,30)/b28-14+. The molecule has 7 nitrogen and oxygen atoms in total. The molecule has 34 heavy (non-hydrogen) atoms. The molecule has 0 heterocycles. The molecule has 0 aliphatic carbocycles. The molecule has 1 N–H and O–H groups in total. The summed E-state index contributed by atoms with van der Waals surface area (Å²) >= 11 is 12.1. The lowest BCUT2D eigenvalue weighted by molar-refractivity contribution is -0.120. The van der Waals surface area contributed by atoms with Crippen LogP contribution in [0.15, 0.2) is 59.7 Å². The smallest absolute Gasteiger partial charge is 0.244 e. The first-order valence-electron chi connectivity index (χ1n) is 10.2. The number of nitrogens with one attached hydrogen (secondary N) is 1. The van der Waals surface area contributed by atoms with Gasteiger partial charge in [0.15, 0.2) is 23.0 Å². The van der Waals surface area contributed by atoms with Crippen LogP contribution in [0.25, 0.3) is 0 Å². The zero-order chi connectivity index (χ0) is 24.5. The molecule has 0 unspecified atom stereocenters. The fourth-order valence-corrected chi connectivity index (χ4v) is 3.54. The van der Waals surface area contributed by atoms with Gasteiger partial charge in [-0.1, -0.05) is 35.3 Å². The second-order valence-corrected chi connectivity index (χ2v) is 7.94. The van der Waals surface area contributed by atoms with Gasteiger partial charge in [-0.25, -0.2) is 5.43 Å². The Morgan fingerprint density at radius 3 is 2.29 bits per heavy atom. The van der Waals surface area contributed by atoms with Gasteiger partial charge in [-0.3, -0.25) is 4.79 Å². The van der Waals surface area contributed by atoms with Gasteiger partial charge in [0.1, 0.15) is 6.61 Å². The van der Waals surface area contributed by atoms with Crippen molar-refractivity contribution in [2.45, 2.75) is 13.0 Å². The summed E-state index contributed by atoms with van der Waals surface area (Å²) in [6, 6.07) is 15.8. The lowest BCUT2D eigenvalue weighted by Crippen LogP contribution is -2.19. The van der Waals surface area contributed by atoms with Crippen LogP contribution >= 0.6 is 23.2 Å². The summed E-state index contributed by atoms with van der Waals surface area (Å²) in [6.45, 7) is 0.256. The summed E-state index contributed by atoms with van der Waals surface area (Å²) in [7, 11) is 4.65. The van der Waals surface area contributed by atoms with Crippen molar-refractivity contribution in [2.24, 2.45) is 5.10 Å². The monoisotopic (exact) mass is 502 g/mol. The fraction of sp³-hybridized carbons (Fsp3) is 0.200. The Morgan fingerprint density at radius 1 is 0.882 bits per heavy atom. The van der Waals surface area contributed by atoms with Crippen LogP contribution in [0.5, 0.6) is 23.0 Å². The van der Waals surface area contributed by atoms with E-state index in [-0.39, 0.29) is 18.9 Å². The van der Waals surface area contributed by atoms with E-state index in [0.29, 0.717) is 33.0 Å². The Balaban J connectivity index is 1.58. The summed E-state index contributed by atoms with van der Waals surface area (Å²) < 4.78 is 21.7. The molecule has 0 saturated carbocycles. The average Bonchev–Trinajstić information content (AvgIpc) is 2.83. The molecule has 0 aliphatic rings. The Bertz CT molecular complexity index is 1180. The molecule has 0 bridgehead atoms. The van der Waals surface area contributed by atoms with Gasteiger partial charge in [-0.05, 0) is 53.6 Å². The maximum absolute atomic E-state index is 12.2. The first-order valence-corrected chi connectivity index (χ1v) is 11.0. The molecule has 0 radical (unpaired) electrons. The van der Waals surface area contributed by atoms with Crippen molar-refractivity contribution in [3.8, 4) is 23.0 Å². The predicted molar refractivity (Wildman–Crippen MR) is 133 cm³/mol. The minimum Gasteiger partial charge on any atom is -0.493 e. The normalized spacial score (nSPS) is 10.7. The number of carbonyl (C=O) groups is 1. The van der Waals surface area contributed by atoms with Crippen LogP contribution in [-0.2, 0) is 17.8 Å². The molecule has 9 heteroatoms. The molecule has 3 rings (SSSR count). The van der Waals surface area contributed by atoms with Crippen LogP contribution in [0.1, 0.15) is 16.7 Å². The largest absolute Gasteiger partial charge is 0.493 e. The van der Waals surface area contributed by atoms with Crippen molar-refractivity contribution >= 4 is 35.3 Å². The van der Waals surface area contributed by atoms with Crippen LogP contribution in [0.4, 0.5) is 0 Å². The molecule has 0 saturated heterocycles. The van der Waals surface area contributed by atoms with Crippen molar-refractivity contribution in [3.05, 3.63) is 81.3 Å². The second-order valence-electron chi connectivity index (χ2n) is 7.09. The maximum atomic E-state index is 12.2. The fourth-order valence-electron chi connectivity index (χ4n) is 3.07. The highest BCUT2D eigenvalue weighted by molar-refractivity contribution is 6.35. The Morgan fingerprint density at radius 2 is 1.59 bits per heavy atom. The summed E-state index contributed by atoms with van der Waals surface area (Å²) in [5.41, 5.74) is 4.81. The zero-order valence-electron chi connectivity index (χ0n) is 18.9. The van der Waals surface area contributed by atoms with E-state index in [4.69, 9.17) is 42.1 Å². The van der Waals surface area contributed by atoms with E-state index in [0.717, 1.165) is 16.7 Å². The van der Waals surface area contributed by atoms with Crippen LogP contribution in [0.3, 0.4) is 0 Å². The van der Waals surface area contributed by atoms with Crippen molar-refractivity contribution in [3.63, 3.8) is 0 Å². The van der Waals surface area contributed by atoms with E-state index in [9.17, 15) is 4.79 Å². The number of carbonyl (C=O) groups excluding carboxylic acids is 1. The number of benzene rings is 3. The molecule has 0 aliphatic heterocycles. The lowest BCUT2D eigenvalue weighted by Gasteiger charge is -2.12. The van der Waals surface area contributed by atoms with Crippen LogP contribution in [0.2, 0.25) is 10.0 Å². The van der Waals surface area contributed by atoms with Gasteiger partial charge in [-0.2, -0.15) is 5.10 Å². The summed E-state index contributed by atoms with van der Waals surface area (Å²) in [5, 5.41) is 5.11. The molecule has 0 aromatic heterocycles. The predicted octanol–water partition coefficient (Wildman–Crippen LogP) is 5.29. The molecule has 178 valence electrons. The van der Waals surface area contributed by atoms with Gasteiger partial charge in [0.2, 0.25) is 5.91 Å². The second kappa shape index (κ2) is 12.2. The topological polar surface area (TPSA) is 78.4 Å². The van der Waals surface area contributed by atoms with Crippen LogP contribution in [0, 0.1) is 0 Å². The summed E-state index contributed by atoms with van der Waals surface area (Å²) in [4.78, 5) is 12.2. The van der Waals surface area contributed by atoms with Crippen LogP contribution < -0.4 is 24.4 Å². The maximum Gasteiger partial charge on any atom is 0.244 e. The minimum absolute atomic E-state index is 0.140. The van der Waals surface area contributed by atoms with E-state index in [1.807, 2.05) is 6.07 Å². The van der Waals surface area contributed by atoms with E-state index in [2.05, 4.69) is 10.5 Å². The molecule has 1 amide bonds. The van der Waals surface area contributed by atoms with Gasteiger partial charge in [0.25, 0.3) is 0 Å². The number of rotatable bonds is 10. The highest BCUT2D eigenvalue weighted by atomic mass is 35.5. The number of halogens is 2. The Labute approximate surface area is 208 Å². The lowest BCUT2D eigenvalue weighted by atomic mass is 10.1. The Kier molecular flexibility index (Phi) is 9.01. The molecule has 3 aromatic carbocycles. The Hall–Kier alpha value is -3.42. The first-order chi connectivity index (χ1) is 16.4. The number of nitrogens with zero attached hydrogens (tertiary/aromatic N) is 1. The number of ether oxygens (including phenoxy) is 4. The van der Waals surface area contributed by atoms with Crippen LogP contribution in [-0.4, -0.2) is 33.5 Å². The van der Waals surface area contributed by atoms with Crippen molar-refractivity contribution < 1.29 is 23.7 Å². The molecule has 0 fully saturated rings. The number of hydrogen-bond donors (Lipinski definition) is 1. The van der Waals surface area contributed by atoms with Gasteiger partial charge < -0.3 is 18.9 Å². The number of hydrazone groups is 1. The van der Waals surface area contributed by atoms with Gasteiger partial charge in [-0.15, -0.1) is 0 Å². The molecule has 0 atom stereocenters. The first kappa shape index (κ1) is 25.2. The van der Waals surface area contributed by atoms with E-state index in [1.54, 1.807) is 69.9 Å². The van der Waals surface area contributed by atoms with Gasteiger partial charge in [0, 0.05) is 15.6 Å². The summed E-state index contributed by atoms with van der Waals surface area (Å²) in [5.74, 6) is 1.95. The third-order valence-electron chi connectivity index (χ3n) is 4.80. The highest BCUT2D eigenvalue weighted by Gasteiger charge is 2.09. The third kappa shape index (κ3) is 6.79. The van der Waals surface area contributed by atoms with Crippen molar-refractivity contribution in [1.29, 1.82) is 0 Å². The zero-order valence-corrected chi connectivity index (χ0v) is 20.4. The molecule has 0 spiro atoms. The number of hydrogen-bond acceptors (Lipinski definition) is 6. The molecular formula is C25H24Cl2N2O5. The van der Waals surface area contributed by atoms with E-state index in [1.165, 1.54) is 6.21 Å². The van der Waals surface area contributed by atoms with Gasteiger partial charge in [0.05, 0.1) is 34.0 Å². The SMILES string of the molecule is COc1ccc(CC(=O)N/N=C/c2ccc(OCc3ccc(Cl)cc3Cl)c(OC)c2)cc1OC. The van der Waals surface area contributed by atoms with E-state index >= 15 is 0 Å². The minimum atomic E-state index is -0.268. The third-order valence-corrected chi connectivity index (χ3v) is 5.39. The van der Waals surface area contributed by atoms with E-state index < -0.39 is 0 Å². The highest BCUT2D eigenvalue weighted by Crippen LogP contribution is 2.30. The van der Waals surface area contributed by atoms with Gasteiger partial charge >= 0.3 is 0 Å². The number of methoxy groups -OCH3 is 3. The summed E-state index contributed by atoms with van der Waals surface area (Å²) in [6.07, 6.45) is 1.66.